The van der Waals surface area contributed by atoms with E-state index in [4.69, 9.17) is 0 Å². The third-order valence-electron chi connectivity index (χ3n) is 3.83. The number of aliphatic carboxylic acids is 1. The van der Waals surface area contributed by atoms with Crippen LogP contribution in [0.1, 0.15) is 38.5 Å². The predicted octanol–water partition coefficient (Wildman–Crippen LogP) is 1.64. The second kappa shape index (κ2) is 5.29. The van der Waals surface area contributed by atoms with Crippen LogP contribution in [-0.4, -0.2) is 34.0 Å². The Balaban J connectivity index is 1.91. The van der Waals surface area contributed by atoms with Gasteiger partial charge in [0.2, 0.25) is 5.91 Å². The Labute approximate surface area is 106 Å². The fraction of sp³-hybridized carbons (Fsp3) is 0.833. The first-order valence-electron chi connectivity index (χ1n) is 6.24. The maximum atomic E-state index is 11.8. The molecule has 2 aliphatic rings. The summed E-state index contributed by atoms with van der Waals surface area (Å²) in [5.74, 6) is 1.16. The van der Waals surface area contributed by atoms with Crippen molar-refractivity contribution >= 4 is 23.6 Å². The lowest BCUT2D eigenvalue weighted by Gasteiger charge is -2.34. The minimum atomic E-state index is -0.994. The van der Waals surface area contributed by atoms with E-state index >= 15 is 0 Å². The van der Waals surface area contributed by atoms with Crippen molar-refractivity contribution in [3.63, 3.8) is 0 Å². The zero-order valence-corrected chi connectivity index (χ0v) is 10.7. The number of hydrogen-bond acceptors (Lipinski definition) is 3. The summed E-state index contributed by atoms with van der Waals surface area (Å²) in [5.41, 5.74) is -0.994. The van der Waals surface area contributed by atoms with Gasteiger partial charge in [0.1, 0.15) is 5.54 Å². The van der Waals surface area contributed by atoms with E-state index in [0.717, 1.165) is 24.3 Å². The number of carboxylic acid groups (broad SMARTS) is 1. The van der Waals surface area contributed by atoms with E-state index in [0.29, 0.717) is 25.2 Å². The zero-order valence-electron chi connectivity index (χ0n) is 9.91. The van der Waals surface area contributed by atoms with Crippen molar-refractivity contribution < 1.29 is 14.7 Å². The molecular formula is C12H19NO3S. The van der Waals surface area contributed by atoms with Gasteiger partial charge in [-0.2, -0.15) is 11.8 Å². The third kappa shape index (κ3) is 2.94. The van der Waals surface area contributed by atoms with Crippen molar-refractivity contribution in [1.82, 2.24) is 5.32 Å². The maximum absolute atomic E-state index is 11.8. The minimum Gasteiger partial charge on any atom is -0.480 e. The van der Waals surface area contributed by atoms with Gasteiger partial charge in [0.25, 0.3) is 0 Å². The molecule has 1 aliphatic heterocycles. The van der Waals surface area contributed by atoms with Crippen LogP contribution in [0.3, 0.4) is 0 Å². The van der Waals surface area contributed by atoms with Crippen LogP contribution in [-0.2, 0) is 9.59 Å². The van der Waals surface area contributed by atoms with Crippen molar-refractivity contribution in [3.05, 3.63) is 0 Å². The van der Waals surface area contributed by atoms with Gasteiger partial charge < -0.3 is 10.4 Å². The van der Waals surface area contributed by atoms with Gasteiger partial charge in [-0.25, -0.2) is 4.79 Å². The van der Waals surface area contributed by atoms with Gasteiger partial charge in [0.05, 0.1) is 0 Å². The highest BCUT2D eigenvalue weighted by Crippen LogP contribution is 2.31. The summed E-state index contributed by atoms with van der Waals surface area (Å²) < 4.78 is 0. The van der Waals surface area contributed by atoms with E-state index in [-0.39, 0.29) is 5.91 Å². The highest BCUT2D eigenvalue weighted by Gasteiger charge is 2.41. The molecule has 2 rings (SSSR count). The van der Waals surface area contributed by atoms with Gasteiger partial charge in [-0.05, 0) is 43.1 Å². The van der Waals surface area contributed by atoms with Gasteiger partial charge in [0.15, 0.2) is 0 Å². The van der Waals surface area contributed by atoms with Crippen molar-refractivity contribution in [2.24, 2.45) is 5.92 Å². The molecule has 1 heterocycles. The largest absolute Gasteiger partial charge is 0.480 e. The van der Waals surface area contributed by atoms with E-state index in [1.165, 1.54) is 6.42 Å². The normalized spacial score (nSPS) is 23.8. The maximum Gasteiger partial charge on any atom is 0.329 e. The second-order valence-corrected chi connectivity index (χ2v) is 6.27. The summed E-state index contributed by atoms with van der Waals surface area (Å²) in [5, 5.41) is 12.1. The number of carboxylic acids is 1. The van der Waals surface area contributed by atoms with Gasteiger partial charge >= 0.3 is 5.97 Å². The first-order valence-corrected chi connectivity index (χ1v) is 7.40. The first-order chi connectivity index (χ1) is 8.12. The molecule has 1 aliphatic carbocycles. The predicted molar refractivity (Wildman–Crippen MR) is 67.0 cm³/mol. The molecule has 0 aromatic heterocycles. The van der Waals surface area contributed by atoms with Crippen molar-refractivity contribution in [1.29, 1.82) is 0 Å². The summed E-state index contributed by atoms with van der Waals surface area (Å²) in [6.45, 7) is 0. The number of amides is 1. The summed E-state index contributed by atoms with van der Waals surface area (Å²) in [6.07, 6.45) is 5.03. The monoisotopic (exact) mass is 257 g/mol. The number of nitrogens with one attached hydrogen (secondary N) is 1. The van der Waals surface area contributed by atoms with Crippen LogP contribution >= 0.6 is 11.8 Å². The molecule has 4 nitrogen and oxygen atoms in total. The van der Waals surface area contributed by atoms with Crippen molar-refractivity contribution in [2.75, 3.05) is 11.5 Å². The van der Waals surface area contributed by atoms with Crippen LogP contribution in [0.2, 0.25) is 0 Å². The van der Waals surface area contributed by atoms with Crippen LogP contribution in [0.5, 0.6) is 0 Å². The molecule has 5 heteroatoms. The Kier molecular flexibility index (Phi) is 3.97. The SMILES string of the molecule is O=C(CC1CCC1)NC1(C(=O)O)CCSCC1. The highest BCUT2D eigenvalue weighted by molar-refractivity contribution is 7.99. The molecule has 0 bridgehead atoms. The smallest absolute Gasteiger partial charge is 0.329 e. The molecule has 1 saturated heterocycles. The van der Waals surface area contributed by atoms with Crippen molar-refractivity contribution in [3.8, 4) is 0 Å². The van der Waals surface area contributed by atoms with Crippen LogP contribution in [0.25, 0.3) is 0 Å². The molecule has 1 saturated carbocycles. The molecule has 2 fully saturated rings. The van der Waals surface area contributed by atoms with Gasteiger partial charge in [-0.1, -0.05) is 6.42 Å². The Morgan fingerprint density at radius 1 is 1.29 bits per heavy atom. The van der Waals surface area contributed by atoms with E-state index < -0.39 is 11.5 Å². The molecule has 0 radical (unpaired) electrons. The second-order valence-electron chi connectivity index (χ2n) is 5.05. The third-order valence-corrected chi connectivity index (χ3v) is 4.82. The quantitative estimate of drug-likeness (QED) is 0.803. The van der Waals surface area contributed by atoms with Crippen molar-refractivity contribution in [2.45, 2.75) is 44.1 Å². The summed E-state index contributed by atoms with van der Waals surface area (Å²) in [4.78, 5) is 23.2. The summed E-state index contributed by atoms with van der Waals surface area (Å²) >= 11 is 1.76. The highest BCUT2D eigenvalue weighted by atomic mass is 32.2. The Hall–Kier alpha value is -0.710. The topological polar surface area (TPSA) is 66.4 Å². The van der Waals surface area contributed by atoms with E-state index in [1.54, 1.807) is 11.8 Å². The lowest BCUT2D eigenvalue weighted by atomic mass is 9.82. The van der Waals surface area contributed by atoms with Crippen LogP contribution in [0, 0.1) is 5.92 Å². The molecule has 0 aromatic rings. The fourth-order valence-corrected chi connectivity index (χ4v) is 3.58. The van der Waals surface area contributed by atoms with Gasteiger partial charge in [-0.3, -0.25) is 4.79 Å². The lowest BCUT2D eigenvalue weighted by Crippen LogP contribution is -2.56. The first kappa shape index (κ1) is 12.7. The summed E-state index contributed by atoms with van der Waals surface area (Å²) in [6, 6.07) is 0. The number of thioether (sulfide) groups is 1. The summed E-state index contributed by atoms with van der Waals surface area (Å²) in [7, 11) is 0. The van der Waals surface area contributed by atoms with Crippen LogP contribution in [0.15, 0.2) is 0 Å². The number of carbonyl (C=O) groups is 2. The molecule has 2 N–H and O–H groups in total. The number of carbonyl (C=O) groups excluding carboxylic acids is 1. The average molecular weight is 257 g/mol. The molecule has 0 aromatic carbocycles. The zero-order chi connectivity index (χ0) is 12.3. The molecule has 0 unspecified atom stereocenters. The Morgan fingerprint density at radius 2 is 1.94 bits per heavy atom. The number of rotatable bonds is 4. The fourth-order valence-electron chi connectivity index (χ4n) is 2.39. The molecule has 0 spiro atoms. The van der Waals surface area contributed by atoms with Crippen LogP contribution in [0.4, 0.5) is 0 Å². The minimum absolute atomic E-state index is 0.0796. The van der Waals surface area contributed by atoms with E-state index in [1.807, 2.05) is 0 Å². The lowest BCUT2D eigenvalue weighted by molar-refractivity contribution is -0.148. The Morgan fingerprint density at radius 3 is 2.41 bits per heavy atom. The van der Waals surface area contributed by atoms with E-state index in [2.05, 4.69) is 5.32 Å². The molecule has 17 heavy (non-hydrogen) atoms. The Bertz CT molecular complexity index is 309. The molecular weight excluding hydrogens is 238 g/mol. The number of hydrogen-bond donors (Lipinski definition) is 2. The molecule has 0 atom stereocenters. The molecule has 96 valence electrons. The van der Waals surface area contributed by atoms with Crippen LogP contribution < -0.4 is 5.32 Å². The van der Waals surface area contributed by atoms with Gasteiger partial charge in [0, 0.05) is 6.42 Å². The standard InChI is InChI=1S/C12H19NO3S/c14-10(8-9-2-1-3-9)13-12(11(15)16)4-6-17-7-5-12/h9H,1-8H2,(H,13,14)(H,15,16). The average Bonchev–Trinajstić information content (AvgIpc) is 2.25. The van der Waals surface area contributed by atoms with Gasteiger partial charge in [-0.15, -0.1) is 0 Å². The van der Waals surface area contributed by atoms with E-state index in [9.17, 15) is 14.7 Å². The molecule has 1 amide bonds.